The van der Waals surface area contributed by atoms with Crippen molar-refractivity contribution in [1.82, 2.24) is 0 Å². The number of carbonyl (C=O) groups excluding carboxylic acids is 1. The molecule has 0 saturated heterocycles. The highest BCUT2D eigenvalue weighted by molar-refractivity contribution is 5.89. The summed E-state index contributed by atoms with van der Waals surface area (Å²) in [6.07, 6.45) is -4.42. The second-order valence-electron chi connectivity index (χ2n) is 3.42. The maximum Gasteiger partial charge on any atom is 0.422 e. The molecule has 0 aliphatic carbocycles. The Labute approximate surface area is 114 Å². The van der Waals surface area contributed by atoms with E-state index >= 15 is 0 Å². The molecule has 0 aromatic heterocycles. The van der Waals surface area contributed by atoms with Crippen LogP contribution in [0.4, 0.5) is 13.2 Å². The molecule has 108 valence electrons. The van der Waals surface area contributed by atoms with Crippen LogP contribution in [0.2, 0.25) is 0 Å². The molecule has 1 aromatic carbocycles. The van der Waals surface area contributed by atoms with Crippen molar-refractivity contribution < 1.29 is 27.4 Å². The Morgan fingerprint density at radius 3 is 2.47 bits per heavy atom. The number of hydrogen-bond donors (Lipinski definition) is 1. The summed E-state index contributed by atoms with van der Waals surface area (Å²) in [5.74, 6) is -0.588. The first-order chi connectivity index (χ1) is 8.37. The Morgan fingerprint density at radius 1 is 1.37 bits per heavy atom. The van der Waals surface area contributed by atoms with E-state index in [1.54, 1.807) is 0 Å². The van der Waals surface area contributed by atoms with Gasteiger partial charge in [0.15, 0.2) is 6.61 Å². The van der Waals surface area contributed by atoms with Crippen molar-refractivity contribution in [3.63, 3.8) is 0 Å². The van der Waals surface area contributed by atoms with Gasteiger partial charge in [-0.3, -0.25) is 0 Å². The van der Waals surface area contributed by atoms with E-state index in [-0.39, 0.29) is 30.3 Å². The third-order valence-electron chi connectivity index (χ3n) is 2.09. The van der Waals surface area contributed by atoms with E-state index < -0.39 is 18.8 Å². The summed E-state index contributed by atoms with van der Waals surface area (Å²) in [5, 5.41) is 0. The summed E-state index contributed by atoms with van der Waals surface area (Å²) in [6, 6.07) is 3.93. The van der Waals surface area contributed by atoms with Gasteiger partial charge in [-0.15, -0.1) is 12.4 Å². The molecule has 0 atom stereocenters. The van der Waals surface area contributed by atoms with Crippen LogP contribution < -0.4 is 10.5 Å². The molecular formula is C11H13ClF3NO3. The Balaban J connectivity index is 0.00000324. The van der Waals surface area contributed by atoms with E-state index in [0.717, 1.165) is 0 Å². The maximum absolute atomic E-state index is 12.0. The van der Waals surface area contributed by atoms with Crippen LogP contribution >= 0.6 is 12.4 Å². The quantitative estimate of drug-likeness (QED) is 0.867. The van der Waals surface area contributed by atoms with E-state index in [9.17, 15) is 18.0 Å². The molecule has 0 bridgehead atoms. The molecule has 0 unspecified atom stereocenters. The van der Waals surface area contributed by atoms with Crippen molar-refractivity contribution in [2.24, 2.45) is 5.73 Å². The Kier molecular flexibility index (Phi) is 6.64. The molecule has 1 aromatic rings. The number of ether oxygens (including phenoxy) is 2. The molecule has 2 N–H and O–H groups in total. The van der Waals surface area contributed by atoms with Crippen LogP contribution in [0.3, 0.4) is 0 Å². The van der Waals surface area contributed by atoms with Crippen molar-refractivity contribution in [1.29, 1.82) is 0 Å². The predicted octanol–water partition coefficient (Wildman–Crippen LogP) is 2.29. The molecule has 4 nitrogen and oxygen atoms in total. The van der Waals surface area contributed by atoms with Gasteiger partial charge in [0.05, 0.1) is 12.7 Å². The summed E-state index contributed by atoms with van der Waals surface area (Å²) >= 11 is 0. The number of hydrogen-bond acceptors (Lipinski definition) is 4. The number of alkyl halides is 3. The highest BCUT2D eigenvalue weighted by Crippen LogP contribution is 2.23. The standard InChI is InChI=1S/C11H12F3NO3.ClH/c1-17-10(16)7-2-3-9(8(4-7)5-15)18-6-11(12,13)14;/h2-4H,5-6,15H2,1H3;1H. The number of benzene rings is 1. The van der Waals surface area contributed by atoms with Gasteiger partial charge in [0.2, 0.25) is 0 Å². The van der Waals surface area contributed by atoms with Crippen molar-refractivity contribution in [3.05, 3.63) is 29.3 Å². The molecule has 0 aliphatic heterocycles. The summed E-state index contributed by atoms with van der Waals surface area (Å²) in [6.45, 7) is -1.45. The van der Waals surface area contributed by atoms with E-state index in [0.29, 0.717) is 5.56 Å². The van der Waals surface area contributed by atoms with Crippen LogP contribution in [-0.2, 0) is 11.3 Å². The van der Waals surface area contributed by atoms with Gasteiger partial charge >= 0.3 is 12.1 Å². The molecule has 0 aliphatic rings. The van der Waals surface area contributed by atoms with Gasteiger partial charge in [0.25, 0.3) is 0 Å². The van der Waals surface area contributed by atoms with Crippen LogP contribution in [-0.4, -0.2) is 25.9 Å². The fourth-order valence-corrected chi connectivity index (χ4v) is 1.28. The number of nitrogens with two attached hydrogens (primary N) is 1. The number of rotatable bonds is 4. The lowest BCUT2D eigenvalue weighted by atomic mass is 10.1. The summed E-state index contributed by atoms with van der Waals surface area (Å²) < 4.78 is 45.1. The molecule has 8 heteroatoms. The zero-order valence-electron chi connectivity index (χ0n) is 9.99. The van der Waals surface area contributed by atoms with E-state index in [1.165, 1.54) is 25.3 Å². The average Bonchev–Trinajstić information content (AvgIpc) is 2.34. The fraction of sp³-hybridized carbons (Fsp3) is 0.364. The van der Waals surface area contributed by atoms with Gasteiger partial charge < -0.3 is 15.2 Å². The first-order valence-corrected chi connectivity index (χ1v) is 4.98. The number of halogens is 4. The largest absolute Gasteiger partial charge is 0.484 e. The Hall–Kier alpha value is -1.47. The predicted molar refractivity (Wildman–Crippen MR) is 64.5 cm³/mol. The minimum Gasteiger partial charge on any atom is -0.484 e. The highest BCUT2D eigenvalue weighted by Gasteiger charge is 2.28. The van der Waals surface area contributed by atoms with Crippen molar-refractivity contribution >= 4 is 18.4 Å². The van der Waals surface area contributed by atoms with Gasteiger partial charge in [-0.1, -0.05) is 0 Å². The zero-order chi connectivity index (χ0) is 13.8. The lowest BCUT2D eigenvalue weighted by Crippen LogP contribution is -2.20. The van der Waals surface area contributed by atoms with Crippen LogP contribution in [0.1, 0.15) is 15.9 Å². The number of esters is 1. The highest BCUT2D eigenvalue weighted by atomic mass is 35.5. The molecule has 0 spiro atoms. The third-order valence-corrected chi connectivity index (χ3v) is 2.09. The second-order valence-corrected chi connectivity index (χ2v) is 3.42. The lowest BCUT2D eigenvalue weighted by Gasteiger charge is -2.13. The Bertz CT molecular complexity index is 438. The first kappa shape index (κ1) is 17.5. The normalized spacial score (nSPS) is 10.6. The van der Waals surface area contributed by atoms with Crippen molar-refractivity contribution in [2.75, 3.05) is 13.7 Å². The minimum absolute atomic E-state index is 0. The van der Waals surface area contributed by atoms with Crippen LogP contribution in [0.25, 0.3) is 0 Å². The molecule has 1 rings (SSSR count). The maximum atomic E-state index is 12.0. The smallest absolute Gasteiger partial charge is 0.422 e. The van der Waals surface area contributed by atoms with Crippen LogP contribution in [0, 0.1) is 0 Å². The number of methoxy groups -OCH3 is 1. The van der Waals surface area contributed by atoms with Gasteiger partial charge in [0.1, 0.15) is 5.75 Å². The van der Waals surface area contributed by atoms with Gasteiger partial charge in [-0.25, -0.2) is 4.79 Å². The average molecular weight is 300 g/mol. The summed E-state index contributed by atoms with van der Waals surface area (Å²) in [4.78, 5) is 11.2. The molecule has 0 saturated carbocycles. The van der Waals surface area contributed by atoms with Crippen molar-refractivity contribution in [2.45, 2.75) is 12.7 Å². The van der Waals surface area contributed by atoms with Gasteiger partial charge in [-0.2, -0.15) is 13.2 Å². The van der Waals surface area contributed by atoms with E-state index in [2.05, 4.69) is 9.47 Å². The van der Waals surface area contributed by atoms with Gasteiger partial charge in [0, 0.05) is 12.1 Å². The molecule has 0 radical (unpaired) electrons. The monoisotopic (exact) mass is 299 g/mol. The summed E-state index contributed by atoms with van der Waals surface area (Å²) in [7, 11) is 1.21. The molecule has 0 fully saturated rings. The third kappa shape index (κ3) is 5.35. The number of carbonyl (C=O) groups is 1. The molecular weight excluding hydrogens is 287 g/mol. The molecule has 0 heterocycles. The topological polar surface area (TPSA) is 61.5 Å². The zero-order valence-corrected chi connectivity index (χ0v) is 10.8. The first-order valence-electron chi connectivity index (χ1n) is 4.98. The van der Waals surface area contributed by atoms with Crippen molar-refractivity contribution in [3.8, 4) is 5.75 Å². The fourth-order valence-electron chi connectivity index (χ4n) is 1.28. The van der Waals surface area contributed by atoms with E-state index in [1.807, 2.05) is 0 Å². The SMILES string of the molecule is COC(=O)c1ccc(OCC(F)(F)F)c(CN)c1.Cl. The van der Waals surface area contributed by atoms with Crippen LogP contribution in [0.15, 0.2) is 18.2 Å². The van der Waals surface area contributed by atoms with Gasteiger partial charge in [-0.05, 0) is 18.2 Å². The lowest BCUT2D eigenvalue weighted by molar-refractivity contribution is -0.153. The second kappa shape index (κ2) is 7.20. The minimum atomic E-state index is -4.42. The molecule has 0 amide bonds. The summed E-state index contributed by atoms with van der Waals surface area (Å²) in [5.41, 5.74) is 5.90. The van der Waals surface area contributed by atoms with E-state index in [4.69, 9.17) is 5.73 Å². The Morgan fingerprint density at radius 2 is 2.00 bits per heavy atom. The molecule has 19 heavy (non-hydrogen) atoms. The van der Waals surface area contributed by atoms with Crippen LogP contribution in [0.5, 0.6) is 5.75 Å².